The number of carbonyl (C=O) groups is 1. The number of nitrogens with one attached hydrogen (secondary N) is 3. The van der Waals surface area contributed by atoms with Crippen LogP contribution in [-0.4, -0.2) is 47.0 Å². The first kappa shape index (κ1) is 24.9. The molecule has 5 N–H and O–H groups in total. The van der Waals surface area contributed by atoms with Gasteiger partial charge in [-0.05, 0) is 29.8 Å². The van der Waals surface area contributed by atoms with Gasteiger partial charge in [-0.15, -0.1) is 0 Å². The first-order valence-corrected chi connectivity index (χ1v) is 12.6. The number of fused-ring (bicyclic) bond motifs is 1. The summed E-state index contributed by atoms with van der Waals surface area (Å²) in [5.74, 6) is -0.457. The molecule has 0 saturated carbocycles. The van der Waals surface area contributed by atoms with Crippen LogP contribution < -0.4 is 21.3 Å². The molecule has 0 aliphatic carbocycles. The van der Waals surface area contributed by atoms with E-state index in [4.69, 9.17) is 57.1 Å². The quantitative estimate of drug-likeness (QED) is 0.249. The summed E-state index contributed by atoms with van der Waals surface area (Å²) in [6.45, 7) is 3.29. The maximum atomic E-state index is 12.5. The molecule has 36 heavy (non-hydrogen) atoms. The van der Waals surface area contributed by atoms with E-state index in [9.17, 15) is 4.79 Å². The number of nitrogens with zero attached hydrogens (tertiary/aromatic N) is 3. The van der Waals surface area contributed by atoms with Crippen molar-refractivity contribution in [2.45, 2.75) is 6.42 Å². The van der Waals surface area contributed by atoms with E-state index in [0.717, 1.165) is 31.9 Å². The van der Waals surface area contributed by atoms with Gasteiger partial charge in [0.15, 0.2) is 0 Å². The zero-order valence-corrected chi connectivity index (χ0v) is 21.9. The van der Waals surface area contributed by atoms with Crippen LogP contribution in [0.2, 0.25) is 20.1 Å². The number of rotatable bonds is 6. The highest BCUT2D eigenvalue weighted by atomic mass is 35.5. The minimum absolute atomic E-state index is 0.138. The number of primary amides is 1. The monoisotopic (exact) mass is 563 g/mol. The first-order chi connectivity index (χ1) is 17.3. The number of hydrogen-bond donors (Lipinski definition) is 4. The van der Waals surface area contributed by atoms with Crippen LogP contribution in [-0.2, 0) is 6.42 Å². The average Bonchev–Trinajstić information content (AvgIpc) is 3.31. The molecule has 0 radical (unpaired) electrons. The van der Waals surface area contributed by atoms with Crippen molar-refractivity contribution in [2.75, 3.05) is 36.4 Å². The predicted molar refractivity (Wildman–Crippen MR) is 147 cm³/mol. The third-order valence-electron chi connectivity index (χ3n) is 6.01. The van der Waals surface area contributed by atoms with Gasteiger partial charge in [0, 0.05) is 48.3 Å². The maximum absolute atomic E-state index is 12.5. The van der Waals surface area contributed by atoms with Gasteiger partial charge in [-0.25, -0.2) is 9.97 Å². The number of hydrogen-bond acceptors (Lipinski definition) is 6. The Morgan fingerprint density at radius 1 is 1.06 bits per heavy atom. The van der Waals surface area contributed by atoms with Crippen molar-refractivity contribution in [3.8, 4) is 0 Å². The summed E-state index contributed by atoms with van der Waals surface area (Å²) >= 11 is 26.1. The fourth-order valence-electron chi connectivity index (χ4n) is 4.35. The Labute approximate surface area is 227 Å². The summed E-state index contributed by atoms with van der Waals surface area (Å²) in [7, 11) is 0. The number of aromatic amines is 1. The molecule has 1 aliphatic rings. The lowest BCUT2D eigenvalue weighted by Gasteiger charge is -2.31. The summed E-state index contributed by atoms with van der Waals surface area (Å²) in [4.78, 5) is 26.7. The molecule has 4 aromatic rings. The van der Waals surface area contributed by atoms with Crippen LogP contribution >= 0.6 is 46.4 Å². The molecular weight excluding hydrogens is 544 g/mol. The van der Waals surface area contributed by atoms with Crippen LogP contribution in [0.25, 0.3) is 11.0 Å². The molecule has 1 fully saturated rings. The Kier molecular flexibility index (Phi) is 7.14. The second-order valence-corrected chi connectivity index (χ2v) is 9.93. The van der Waals surface area contributed by atoms with Gasteiger partial charge in [-0.3, -0.25) is 4.79 Å². The van der Waals surface area contributed by atoms with Crippen molar-refractivity contribution in [3.63, 3.8) is 0 Å². The van der Waals surface area contributed by atoms with Gasteiger partial charge < -0.3 is 26.3 Å². The fraction of sp³-hybridized carbons (Fsp3) is 0.208. The molecule has 0 spiro atoms. The Balaban J connectivity index is 1.58. The van der Waals surface area contributed by atoms with Crippen LogP contribution in [0.4, 0.5) is 17.2 Å². The largest absolute Gasteiger partial charge is 0.367 e. The Bertz CT molecular complexity index is 1420. The second-order valence-electron chi connectivity index (χ2n) is 8.30. The Hall–Kier alpha value is -2.75. The average molecular weight is 565 g/mol. The number of amides is 1. The number of aromatic nitrogens is 3. The SMILES string of the molecule is NC(=O)c1c(Nc2cc(Cl)c(N3CCNCC3)c(Cl)c2)nc(Cc2c(Cl)cccc2Cl)c2[nH]cnc12. The molecule has 5 rings (SSSR count). The summed E-state index contributed by atoms with van der Waals surface area (Å²) in [6, 6.07) is 8.78. The smallest absolute Gasteiger partial charge is 0.254 e. The van der Waals surface area contributed by atoms with Gasteiger partial charge in [0.05, 0.1) is 33.3 Å². The van der Waals surface area contributed by atoms with Crippen molar-refractivity contribution in [2.24, 2.45) is 5.73 Å². The molecule has 2 aromatic heterocycles. The van der Waals surface area contributed by atoms with Gasteiger partial charge in [0.25, 0.3) is 5.91 Å². The molecular formula is C24H21Cl4N7O. The third-order valence-corrected chi connectivity index (χ3v) is 7.30. The van der Waals surface area contributed by atoms with E-state index in [1.807, 2.05) is 0 Å². The molecule has 1 aliphatic heterocycles. The number of imidazole rings is 1. The number of anilines is 3. The highest BCUT2D eigenvalue weighted by Crippen LogP contribution is 2.38. The molecule has 12 heteroatoms. The van der Waals surface area contributed by atoms with Gasteiger partial charge in [-0.2, -0.15) is 0 Å². The third kappa shape index (κ3) is 4.79. The van der Waals surface area contributed by atoms with Crippen molar-refractivity contribution >= 4 is 80.5 Å². The molecule has 1 saturated heterocycles. The Morgan fingerprint density at radius 3 is 2.36 bits per heavy atom. The zero-order valence-electron chi connectivity index (χ0n) is 18.8. The van der Waals surface area contributed by atoms with Crippen molar-refractivity contribution in [3.05, 3.63) is 73.6 Å². The van der Waals surface area contributed by atoms with Crippen LogP contribution in [0.1, 0.15) is 21.6 Å². The van der Waals surface area contributed by atoms with Crippen molar-refractivity contribution < 1.29 is 4.79 Å². The number of H-pyrrole nitrogens is 1. The topological polar surface area (TPSA) is 112 Å². The molecule has 0 bridgehead atoms. The normalized spacial score (nSPS) is 13.8. The van der Waals surface area contributed by atoms with Crippen LogP contribution in [0.5, 0.6) is 0 Å². The van der Waals surface area contributed by atoms with Crippen LogP contribution in [0.15, 0.2) is 36.7 Å². The molecule has 0 atom stereocenters. The zero-order chi connectivity index (χ0) is 25.4. The minimum atomic E-state index is -0.681. The lowest BCUT2D eigenvalue weighted by atomic mass is 10.1. The molecule has 0 unspecified atom stereocenters. The highest BCUT2D eigenvalue weighted by Gasteiger charge is 2.23. The van der Waals surface area contributed by atoms with Gasteiger partial charge >= 0.3 is 0 Å². The lowest BCUT2D eigenvalue weighted by molar-refractivity contribution is 0.100. The molecule has 8 nitrogen and oxygen atoms in total. The minimum Gasteiger partial charge on any atom is -0.367 e. The lowest BCUT2D eigenvalue weighted by Crippen LogP contribution is -2.43. The molecule has 3 heterocycles. The van der Waals surface area contributed by atoms with Gasteiger partial charge in [0.1, 0.15) is 16.9 Å². The van der Waals surface area contributed by atoms with E-state index < -0.39 is 5.91 Å². The van der Waals surface area contributed by atoms with E-state index in [0.29, 0.717) is 54.5 Å². The van der Waals surface area contributed by atoms with E-state index in [-0.39, 0.29) is 11.4 Å². The molecule has 186 valence electrons. The molecule has 2 aromatic carbocycles. The first-order valence-electron chi connectivity index (χ1n) is 11.1. The number of piperazine rings is 1. The van der Waals surface area contributed by atoms with Gasteiger partial charge in [-0.1, -0.05) is 52.5 Å². The Morgan fingerprint density at radius 2 is 1.72 bits per heavy atom. The second kappa shape index (κ2) is 10.3. The van der Waals surface area contributed by atoms with Crippen molar-refractivity contribution in [1.82, 2.24) is 20.3 Å². The predicted octanol–water partition coefficient (Wildman–Crippen LogP) is 5.41. The maximum Gasteiger partial charge on any atom is 0.254 e. The fourth-order valence-corrected chi connectivity index (χ4v) is 5.61. The summed E-state index contributed by atoms with van der Waals surface area (Å²) in [5, 5.41) is 8.46. The summed E-state index contributed by atoms with van der Waals surface area (Å²) < 4.78 is 0. The summed E-state index contributed by atoms with van der Waals surface area (Å²) in [5.41, 5.74) is 9.44. The number of benzene rings is 2. The number of halogens is 4. The molecule has 1 amide bonds. The van der Waals surface area contributed by atoms with Gasteiger partial charge in [0.2, 0.25) is 0 Å². The highest BCUT2D eigenvalue weighted by molar-refractivity contribution is 6.39. The standard InChI is InChI=1S/C24H21Cl4N7O/c25-14-2-1-3-15(26)13(14)10-18-20-21(32-11-31-20)19(23(29)36)24(34-18)33-12-8-16(27)22(17(28)9-12)35-6-4-30-5-7-35/h1-3,8-9,11,30H,4-7,10H2,(H2,29,36)(H,31,32)(H,33,34). The van der Waals surface area contributed by atoms with Crippen LogP contribution in [0.3, 0.4) is 0 Å². The number of pyridine rings is 1. The van der Waals surface area contributed by atoms with E-state index >= 15 is 0 Å². The van der Waals surface area contributed by atoms with E-state index in [1.54, 1.807) is 30.3 Å². The number of carbonyl (C=O) groups excluding carboxylic acids is 1. The summed E-state index contributed by atoms with van der Waals surface area (Å²) in [6.07, 6.45) is 1.78. The van der Waals surface area contributed by atoms with Crippen molar-refractivity contribution in [1.29, 1.82) is 0 Å². The number of nitrogens with two attached hydrogens (primary N) is 1. The van der Waals surface area contributed by atoms with E-state index in [1.165, 1.54) is 6.33 Å². The van der Waals surface area contributed by atoms with Crippen LogP contribution in [0, 0.1) is 0 Å². The van der Waals surface area contributed by atoms with E-state index in [2.05, 4.69) is 25.5 Å².